The number of benzene rings is 2. The number of nitrogens with zero attached hydrogens (tertiary/aromatic N) is 1. The molecule has 178 valence electrons. The zero-order valence-electron chi connectivity index (χ0n) is 18.6. The third kappa shape index (κ3) is 6.63. The van der Waals surface area contributed by atoms with Gasteiger partial charge in [0.25, 0.3) is 0 Å². The van der Waals surface area contributed by atoms with Gasteiger partial charge in [0.2, 0.25) is 0 Å². The molecule has 1 aliphatic rings. The van der Waals surface area contributed by atoms with Crippen LogP contribution < -0.4 is 10.6 Å². The topological polar surface area (TPSA) is 83.0 Å². The molecule has 0 heterocycles. The summed E-state index contributed by atoms with van der Waals surface area (Å²) in [5, 5.41) is 16.7. The predicted molar refractivity (Wildman–Crippen MR) is 120 cm³/mol. The molecule has 2 unspecified atom stereocenters. The van der Waals surface area contributed by atoms with E-state index in [1.54, 1.807) is 0 Å². The fraction of sp³-hybridized carbons (Fsp3) is 0.417. The van der Waals surface area contributed by atoms with Gasteiger partial charge in [-0.05, 0) is 54.7 Å². The summed E-state index contributed by atoms with van der Waals surface area (Å²) in [6.45, 7) is 2.28. The van der Waals surface area contributed by atoms with Gasteiger partial charge in [0.1, 0.15) is 5.75 Å². The molecular weight excluding hydrogens is 435 g/mol. The van der Waals surface area contributed by atoms with Crippen molar-refractivity contribution in [1.82, 2.24) is 5.32 Å². The number of anilines is 1. The maximum atomic E-state index is 12.8. The van der Waals surface area contributed by atoms with Gasteiger partial charge in [-0.1, -0.05) is 31.9 Å². The van der Waals surface area contributed by atoms with Crippen LogP contribution in [0.1, 0.15) is 54.1 Å². The zero-order chi connectivity index (χ0) is 24.0. The summed E-state index contributed by atoms with van der Waals surface area (Å²) in [5.74, 6) is 0.149. The molecule has 3 rings (SSSR count). The fourth-order valence-electron chi connectivity index (χ4n) is 3.81. The first-order valence-corrected chi connectivity index (χ1v) is 10.8. The van der Waals surface area contributed by atoms with Gasteiger partial charge in [0, 0.05) is 6.04 Å². The van der Waals surface area contributed by atoms with Crippen LogP contribution in [0.4, 0.5) is 18.9 Å². The molecular formula is C24H28F3N3O3. The van der Waals surface area contributed by atoms with Crippen molar-refractivity contribution in [3.63, 3.8) is 0 Å². The molecule has 3 N–H and O–H groups in total. The highest BCUT2D eigenvalue weighted by molar-refractivity contribution is 5.97. The van der Waals surface area contributed by atoms with Crippen LogP contribution in [-0.2, 0) is 17.5 Å². The van der Waals surface area contributed by atoms with Gasteiger partial charge in [0.15, 0.2) is 5.96 Å². The lowest BCUT2D eigenvalue weighted by Gasteiger charge is -2.31. The SMILES string of the molecule is COC(=O)c1ccc(O)c(NC(=NCc2ccc(C(F)(F)F)cc2)NC2CCCCC2C)c1. The van der Waals surface area contributed by atoms with Gasteiger partial charge in [-0.15, -0.1) is 0 Å². The minimum absolute atomic E-state index is 0.0802. The fourth-order valence-corrected chi connectivity index (χ4v) is 3.81. The summed E-state index contributed by atoms with van der Waals surface area (Å²) < 4.78 is 43.2. The summed E-state index contributed by atoms with van der Waals surface area (Å²) in [7, 11) is 1.27. The molecule has 9 heteroatoms. The molecule has 1 saturated carbocycles. The van der Waals surface area contributed by atoms with E-state index in [2.05, 4.69) is 22.5 Å². The number of hydrogen-bond donors (Lipinski definition) is 3. The van der Waals surface area contributed by atoms with Crippen LogP contribution >= 0.6 is 0 Å². The molecule has 0 aliphatic heterocycles. The minimum Gasteiger partial charge on any atom is -0.506 e. The molecule has 0 bridgehead atoms. The molecule has 1 aliphatic carbocycles. The number of aromatic hydroxyl groups is 1. The number of rotatable bonds is 5. The van der Waals surface area contributed by atoms with Crippen LogP contribution in [0.2, 0.25) is 0 Å². The Balaban J connectivity index is 1.84. The van der Waals surface area contributed by atoms with E-state index in [9.17, 15) is 23.1 Å². The Kier molecular flexibility index (Phi) is 7.84. The zero-order valence-corrected chi connectivity index (χ0v) is 18.6. The number of phenols is 1. The van der Waals surface area contributed by atoms with E-state index < -0.39 is 17.7 Å². The van der Waals surface area contributed by atoms with E-state index in [1.807, 2.05) is 0 Å². The van der Waals surface area contributed by atoms with Crippen molar-refractivity contribution in [2.45, 2.75) is 51.4 Å². The quantitative estimate of drug-likeness (QED) is 0.242. The van der Waals surface area contributed by atoms with Crippen molar-refractivity contribution in [2.75, 3.05) is 12.4 Å². The van der Waals surface area contributed by atoms with Gasteiger partial charge < -0.3 is 20.5 Å². The number of nitrogens with one attached hydrogen (secondary N) is 2. The number of hydrogen-bond acceptors (Lipinski definition) is 4. The second-order valence-corrected chi connectivity index (χ2v) is 8.22. The van der Waals surface area contributed by atoms with Gasteiger partial charge in [0.05, 0.1) is 30.5 Å². The Labute approximate surface area is 190 Å². The Morgan fingerprint density at radius 2 is 1.85 bits per heavy atom. The average molecular weight is 464 g/mol. The number of methoxy groups -OCH3 is 1. The van der Waals surface area contributed by atoms with Gasteiger partial charge in [-0.3, -0.25) is 0 Å². The molecule has 6 nitrogen and oxygen atoms in total. The van der Waals surface area contributed by atoms with Crippen LogP contribution in [0.25, 0.3) is 0 Å². The summed E-state index contributed by atoms with van der Waals surface area (Å²) in [6.07, 6.45) is -0.122. The van der Waals surface area contributed by atoms with Crippen LogP contribution in [0.5, 0.6) is 5.75 Å². The highest BCUT2D eigenvalue weighted by atomic mass is 19.4. The summed E-state index contributed by atoms with van der Waals surface area (Å²) in [5.41, 5.74) is 0.409. The first kappa shape index (κ1) is 24.4. The van der Waals surface area contributed by atoms with Gasteiger partial charge in [-0.2, -0.15) is 13.2 Å². The lowest BCUT2D eigenvalue weighted by Crippen LogP contribution is -2.44. The number of aliphatic imine (C=N–C) groups is 1. The van der Waals surface area contributed by atoms with Crippen molar-refractivity contribution in [1.29, 1.82) is 0 Å². The molecule has 0 amide bonds. The van der Waals surface area contributed by atoms with E-state index >= 15 is 0 Å². The van der Waals surface area contributed by atoms with Crippen molar-refractivity contribution < 1.29 is 27.8 Å². The number of esters is 1. The van der Waals surface area contributed by atoms with Crippen molar-refractivity contribution in [3.05, 3.63) is 59.2 Å². The van der Waals surface area contributed by atoms with E-state index in [4.69, 9.17) is 4.74 Å². The lowest BCUT2D eigenvalue weighted by atomic mass is 9.86. The number of carbonyl (C=O) groups excluding carboxylic acids is 1. The van der Waals surface area contributed by atoms with Crippen LogP contribution in [0.15, 0.2) is 47.5 Å². The highest BCUT2D eigenvalue weighted by Crippen LogP contribution is 2.29. The first-order valence-electron chi connectivity index (χ1n) is 10.8. The number of alkyl halides is 3. The van der Waals surface area contributed by atoms with Crippen LogP contribution in [0, 0.1) is 5.92 Å². The van der Waals surface area contributed by atoms with E-state index in [1.165, 1.54) is 37.4 Å². The predicted octanol–water partition coefficient (Wildman–Crippen LogP) is 5.33. The molecule has 1 fully saturated rings. The van der Waals surface area contributed by atoms with Gasteiger partial charge in [-0.25, -0.2) is 9.79 Å². The standard InChI is InChI=1S/C24H28F3N3O3/c1-15-5-3-4-6-19(15)29-23(28-14-16-7-10-18(11-8-16)24(25,26)27)30-20-13-17(22(32)33-2)9-12-21(20)31/h7-13,15,19,31H,3-6,14H2,1-2H3,(H2,28,29,30). The van der Waals surface area contributed by atoms with Crippen molar-refractivity contribution >= 4 is 17.6 Å². The monoisotopic (exact) mass is 463 g/mol. The lowest BCUT2D eigenvalue weighted by molar-refractivity contribution is -0.137. The second-order valence-electron chi connectivity index (χ2n) is 8.22. The molecule has 2 atom stereocenters. The Hall–Kier alpha value is -3.23. The molecule has 0 aromatic heterocycles. The number of carbonyl (C=O) groups is 1. The average Bonchev–Trinajstić information content (AvgIpc) is 2.79. The molecule has 0 spiro atoms. The minimum atomic E-state index is -4.39. The molecule has 2 aromatic carbocycles. The molecule has 33 heavy (non-hydrogen) atoms. The van der Waals surface area contributed by atoms with E-state index in [0.717, 1.165) is 37.8 Å². The maximum absolute atomic E-state index is 12.8. The van der Waals surface area contributed by atoms with Crippen molar-refractivity contribution in [3.8, 4) is 5.75 Å². The largest absolute Gasteiger partial charge is 0.506 e. The molecule has 0 saturated heterocycles. The van der Waals surface area contributed by atoms with Crippen LogP contribution in [-0.4, -0.2) is 30.2 Å². The highest BCUT2D eigenvalue weighted by Gasteiger charge is 2.30. The van der Waals surface area contributed by atoms with Gasteiger partial charge >= 0.3 is 12.1 Å². The number of ether oxygens (including phenoxy) is 1. The number of phenolic OH excluding ortho intramolecular Hbond substituents is 1. The summed E-state index contributed by atoms with van der Waals surface area (Å²) >= 11 is 0. The summed E-state index contributed by atoms with van der Waals surface area (Å²) in [4.78, 5) is 16.4. The third-order valence-corrected chi connectivity index (χ3v) is 5.81. The second kappa shape index (κ2) is 10.6. The summed E-state index contributed by atoms with van der Waals surface area (Å²) in [6, 6.07) is 9.28. The Morgan fingerprint density at radius 3 is 2.48 bits per heavy atom. The smallest absolute Gasteiger partial charge is 0.416 e. The number of guanidine groups is 1. The van der Waals surface area contributed by atoms with Crippen molar-refractivity contribution in [2.24, 2.45) is 10.9 Å². The maximum Gasteiger partial charge on any atom is 0.416 e. The molecule has 2 aromatic rings. The van der Waals surface area contributed by atoms with Crippen LogP contribution in [0.3, 0.4) is 0 Å². The van der Waals surface area contributed by atoms with E-state index in [-0.39, 0.29) is 29.6 Å². The molecule has 0 radical (unpaired) electrons. The normalized spacial score (nSPS) is 19.1. The Bertz CT molecular complexity index is 991. The number of halogens is 3. The van der Waals surface area contributed by atoms with E-state index in [0.29, 0.717) is 17.4 Å². The third-order valence-electron chi connectivity index (χ3n) is 5.81. The first-order chi connectivity index (χ1) is 15.7. The Morgan fingerprint density at radius 1 is 1.15 bits per heavy atom.